The van der Waals surface area contributed by atoms with E-state index in [1.807, 2.05) is 18.7 Å². The Labute approximate surface area is 122 Å². The lowest BCUT2D eigenvalue weighted by Crippen LogP contribution is -2.45. The first-order valence-corrected chi connectivity index (χ1v) is 7.49. The zero-order chi connectivity index (χ0) is 15.7. The molecule has 0 aromatic heterocycles. The number of nitrogens with zero attached hydrogens (tertiary/aromatic N) is 1. The summed E-state index contributed by atoms with van der Waals surface area (Å²) in [6.07, 6.45) is 3.55. The van der Waals surface area contributed by atoms with Crippen LogP contribution in [0.15, 0.2) is 0 Å². The predicted octanol–water partition coefficient (Wildman–Crippen LogP) is 2.70. The summed E-state index contributed by atoms with van der Waals surface area (Å²) in [5.41, 5.74) is 0. The van der Waals surface area contributed by atoms with Crippen molar-refractivity contribution >= 4 is 11.9 Å². The minimum absolute atomic E-state index is 0.268. The van der Waals surface area contributed by atoms with Crippen molar-refractivity contribution in [1.29, 1.82) is 0 Å². The third-order valence-electron chi connectivity index (χ3n) is 3.40. The molecule has 0 rings (SSSR count). The molecular formula is C15H29NO4. The van der Waals surface area contributed by atoms with E-state index in [9.17, 15) is 14.7 Å². The fourth-order valence-corrected chi connectivity index (χ4v) is 2.22. The number of carbonyl (C=O) groups is 2. The lowest BCUT2D eigenvalue weighted by molar-refractivity contribution is -0.147. The standard InChI is InChI=1S/C15H29NO4/c1-5-6-7-8-16(10-12(4)14(17)18)13(15(19)20)9-11(2)3/h11-13H,5-10H2,1-4H3,(H,17,18)(H,19,20). The molecule has 0 aliphatic heterocycles. The van der Waals surface area contributed by atoms with Gasteiger partial charge in [-0.1, -0.05) is 40.5 Å². The Bertz CT molecular complexity index is 304. The molecule has 118 valence electrons. The van der Waals surface area contributed by atoms with E-state index in [4.69, 9.17) is 5.11 Å². The summed E-state index contributed by atoms with van der Waals surface area (Å²) < 4.78 is 0. The Morgan fingerprint density at radius 2 is 1.65 bits per heavy atom. The average Bonchev–Trinajstić information content (AvgIpc) is 2.34. The van der Waals surface area contributed by atoms with Gasteiger partial charge in [0.2, 0.25) is 0 Å². The van der Waals surface area contributed by atoms with Gasteiger partial charge in [0.05, 0.1) is 5.92 Å². The molecule has 0 aliphatic carbocycles. The first-order valence-electron chi connectivity index (χ1n) is 7.49. The first kappa shape index (κ1) is 18.9. The lowest BCUT2D eigenvalue weighted by atomic mass is 10.0. The highest BCUT2D eigenvalue weighted by atomic mass is 16.4. The first-order chi connectivity index (χ1) is 9.29. The Morgan fingerprint density at radius 1 is 1.05 bits per heavy atom. The fraction of sp³-hybridized carbons (Fsp3) is 0.867. The zero-order valence-corrected chi connectivity index (χ0v) is 13.1. The highest BCUT2D eigenvalue weighted by Crippen LogP contribution is 2.15. The van der Waals surface area contributed by atoms with Crippen molar-refractivity contribution in [2.24, 2.45) is 11.8 Å². The van der Waals surface area contributed by atoms with Crippen molar-refractivity contribution in [2.75, 3.05) is 13.1 Å². The summed E-state index contributed by atoms with van der Waals surface area (Å²) in [6, 6.07) is -0.589. The molecule has 5 nitrogen and oxygen atoms in total. The molecule has 2 N–H and O–H groups in total. The van der Waals surface area contributed by atoms with Gasteiger partial charge >= 0.3 is 11.9 Å². The summed E-state index contributed by atoms with van der Waals surface area (Å²) in [5.74, 6) is -2.01. The van der Waals surface area contributed by atoms with Gasteiger partial charge in [0, 0.05) is 6.54 Å². The van der Waals surface area contributed by atoms with Crippen LogP contribution >= 0.6 is 0 Å². The lowest BCUT2D eigenvalue weighted by Gasteiger charge is -2.31. The molecule has 2 atom stereocenters. The third-order valence-corrected chi connectivity index (χ3v) is 3.40. The Balaban J connectivity index is 4.83. The van der Waals surface area contributed by atoms with E-state index >= 15 is 0 Å². The quantitative estimate of drug-likeness (QED) is 0.571. The van der Waals surface area contributed by atoms with Crippen LogP contribution in [0.5, 0.6) is 0 Å². The van der Waals surface area contributed by atoms with Gasteiger partial charge in [-0.3, -0.25) is 14.5 Å². The maximum absolute atomic E-state index is 11.5. The monoisotopic (exact) mass is 287 g/mol. The Kier molecular flexibility index (Phi) is 9.21. The number of aliphatic carboxylic acids is 2. The largest absolute Gasteiger partial charge is 0.481 e. The van der Waals surface area contributed by atoms with Crippen LogP contribution in [0.1, 0.15) is 53.4 Å². The minimum Gasteiger partial charge on any atom is -0.481 e. The second kappa shape index (κ2) is 9.75. The Hall–Kier alpha value is -1.10. The molecular weight excluding hydrogens is 258 g/mol. The highest BCUT2D eigenvalue weighted by molar-refractivity contribution is 5.74. The zero-order valence-electron chi connectivity index (χ0n) is 13.1. The Morgan fingerprint density at radius 3 is 2.05 bits per heavy atom. The van der Waals surface area contributed by atoms with Crippen molar-refractivity contribution in [3.8, 4) is 0 Å². The van der Waals surface area contributed by atoms with Gasteiger partial charge in [-0.15, -0.1) is 0 Å². The number of hydrogen-bond acceptors (Lipinski definition) is 3. The summed E-state index contributed by atoms with van der Waals surface area (Å²) in [4.78, 5) is 24.3. The van der Waals surface area contributed by atoms with Crippen LogP contribution in [-0.4, -0.2) is 46.2 Å². The number of unbranched alkanes of at least 4 members (excludes halogenated alkanes) is 2. The molecule has 20 heavy (non-hydrogen) atoms. The molecule has 0 aromatic rings. The predicted molar refractivity (Wildman–Crippen MR) is 78.8 cm³/mol. The molecule has 0 saturated carbocycles. The van der Waals surface area contributed by atoms with E-state index in [1.54, 1.807) is 6.92 Å². The number of carboxylic acid groups (broad SMARTS) is 2. The van der Waals surface area contributed by atoms with Crippen LogP contribution in [-0.2, 0) is 9.59 Å². The molecule has 0 radical (unpaired) electrons. The normalized spacial score (nSPS) is 14.5. The highest BCUT2D eigenvalue weighted by Gasteiger charge is 2.28. The van der Waals surface area contributed by atoms with E-state index < -0.39 is 23.9 Å². The van der Waals surface area contributed by atoms with Gasteiger partial charge in [0.25, 0.3) is 0 Å². The maximum atomic E-state index is 11.5. The van der Waals surface area contributed by atoms with Gasteiger partial charge in [0.15, 0.2) is 0 Å². The van der Waals surface area contributed by atoms with Crippen molar-refractivity contribution in [3.63, 3.8) is 0 Å². The van der Waals surface area contributed by atoms with E-state index in [0.29, 0.717) is 19.5 Å². The van der Waals surface area contributed by atoms with Crippen molar-refractivity contribution < 1.29 is 19.8 Å². The van der Waals surface area contributed by atoms with Crippen molar-refractivity contribution in [2.45, 2.75) is 59.4 Å². The van der Waals surface area contributed by atoms with Crippen LogP contribution in [0, 0.1) is 11.8 Å². The molecule has 0 spiro atoms. The maximum Gasteiger partial charge on any atom is 0.320 e. The number of rotatable bonds is 11. The molecule has 0 aromatic carbocycles. The summed E-state index contributed by atoms with van der Waals surface area (Å²) >= 11 is 0. The second-order valence-corrected chi connectivity index (χ2v) is 5.92. The molecule has 0 amide bonds. The summed E-state index contributed by atoms with van der Waals surface area (Å²) in [6.45, 7) is 8.63. The molecule has 5 heteroatoms. The molecule has 0 heterocycles. The smallest absolute Gasteiger partial charge is 0.320 e. The van der Waals surface area contributed by atoms with Gasteiger partial charge in [0.1, 0.15) is 6.04 Å². The van der Waals surface area contributed by atoms with E-state index in [2.05, 4.69) is 6.92 Å². The van der Waals surface area contributed by atoms with E-state index in [-0.39, 0.29) is 5.92 Å². The van der Waals surface area contributed by atoms with E-state index in [1.165, 1.54) is 0 Å². The summed E-state index contributed by atoms with van der Waals surface area (Å²) in [7, 11) is 0. The topological polar surface area (TPSA) is 77.8 Å². The van der Waals surface area contributed by atoms with Gasteiger partial charge < -0.3 is 10.2 Å². The average molecular weight is 287 g/mol. The number of carboxylic acids is 2. The number of hydrogen-bond donors (Lipinski definition) is 2. The van der Waals surface area contributed by atoms with Crippen LogP contribution < -0.4 is 0 Å². The molecule has 2 unspecified atom stereocenters. The minimum atomic E-state index is -0.876. The second-order valence-electron chi connectivity index (χ2n) is 5.92. The SMILES string of the molecule is CCCCCN(CC(C)C(=O)O)C(CC(C)C)C(=O)O. The molecule has 0 aliphatic rings. The fourth-order valence-electron chi connectivity index (χ4n) is 2.22. The van der Waals surface area contributed by atoms with Crippen LogP contribution in [0.2, 0.25) is 0 Å². The third kappa shape index (κ3) is 7.48. The molecule has 0 fully saturated rings. The van der Waals surface area contributed by atoms with Gasteiger partial charge in [-0.05, 0) is 25.3 Å². The van der Waals surface area contributed by atoms with Crippen molar-refractivity contribution in [3.05, 3.63) is 0 Å². The van der Waals surface area contributed by atoms with Crippen LogP contribution in [0.4, 0.5) is 0 Å². The van der Waals surface area contributed by atoms with Crippen LogP contribution in [0.3, 0.4) is 0 Å². The van der Waals surface area contributed by atoms with Crippen molar-refractivity contribution in [1.82, 2.24) is 4.90 Å². The van der Waals surface area contributed by atoms with E-state index in [0.717, 1.165) is 19.3 Å². The summed E-state index contributed by atoms with van der Waals surface area (Å²) in [5, 5.41) is 18.4. The molecule has 0 bridgehead atoms. The molecule has 0 saturated heterocycles. The van der Waals surface area contributed by atoms with Gasteiger partial charge in [-0.25, -0.2) is 0 Å². The van der Waals surface area contributed by atoms with Gasteiger partial charge in [-0.2, -0.15) is 0 Å². The van der Waals surface area contributed by atoms with Crippen LogP contribution in [0.25, 0.3) is 0 Å².